The average molecular weight is 256 g/mol. The Balaban J connectivity index is 2.90. The van der Waals surface area contributed by atoms with Crippen LogP contribution in [0, 0.1) is 0 Å². The summed E-state index contributed by atoms with van der Waals surface area (Å²) in [6, 6.07) is -0.470. The van der Waals surface area contributed by atoms with Crippen LogP contribution in [0.1, 0.15) is 44.4 Å². The van der Waals surface area contributed by atoms with Crippen molar-refractivity contribution in [2.24, 2.45) is 0 Å². The van der Waals surface area contributed by atoms with E-state index < -0.39 is 6.04 Å². The minimum absolute atomic E-state index is 0.00979. The summed E-state index contributed by atoms with van der Waals surface area (Å²) in [6.07, 6.45) is 0. The van der Waals surface area contributed by atoms with Crippen molar-refractivity contribution in [1.29, 1.82) is 0 Å². The van der Waals surface area contributed by atoms with Gasteiger partial charge in [0.25, 0.3) is 0 Å². The molecule has 17 heavy (non-hydrogen) atoms. The van der Waals surface area contributed by atoms with Crippen molar-refractivity contribution in [3.8, 4) is 0 Å². The Morgan fingerprint density at radius 1 is 1.59 bits per heavy atom. The van der Waals surface area contributed by atoms with E-state index in [2.05, 4.69) is 31.1 Å². The Kier molecular flexibility index (Phi) is 4.65. The molecule has 1 N–H and O–H groups in total. The first-order valence-electron chi connectivity index (χ1n) is 5.70. The zero-order valence-electron chi connectivity index (χ0n) is 11.0. The molecule has 96 valence electrons. The standard InChI is InChI=1S/C12H20N2O2S/c1-6-16-10(15)9(13-5)8-7-17-11(14-8)12(2,3)4/h7,9,13H,6H2,1-5H3. The number of nitrogens with zero attached hydrogens (tertiary/aromatic N) is 1. The number of nitrogens with one attached hydrogen (secondary N) is 1. The molecule has 0 aliphatic rings. The third kappa shape index (κ3) is 3.51. The molecule has 5 heteroatoms. The molecule has 1 rings (SSSR count). The Hall–Kier alpha value is -0.940. The van der Waals surface area contributed by atoms with E-state index in [9.17, 15) is 4.79 Å². The highest BCUT2D eigenvalue weighted by Gasteiger charge is 2.25. The number of likely N-dealkylation sites (N-methyl/N-ethyl adjacent to an activating group) is 1. The van der Waals surface area contributed by atoms with Gasteiger partial charge in [-0.15, -0.1) is 11.3 Å². The summed E-state index contributed by atoms with van der Waals surface area (Å²) in [7, 11) is 1.73. The van der Waals surface area contributed by atoms with Crippen LogP contribution in [-0.4, -0.2) is 24.6 Å². The molecule has 0 saturated carbocycles. The fourth-order valence-corrected chi connectivity index (χ4v) is 2.31. The minimum atomic E-state index is -0.470. The van der Waals surface area contributed by atoms with Crippen molar-refractivity contribution in [1.82, 2.24) is 10.3 Å². The van der Waals surface area contributed by atoms with Gasteiger partial charge in [0.15, 0.2) is 0 Å². The van der Waals surface area contributed by atoms with Gasteiger partial charge in [-0.05, 0) is 14.0 Å². The molecule has 0 radical (unpaired) electrons. The lowest BCUT2D eigenvalue weighted by Gasteiger charge is -2.15. The third-order valence-electron chi connectivity index (χ3n) is 2.27. The fourth-order valence-electron chi connectivity index (χ4n) is 1.38. The number of esters is 1. The summed E-state index contributed by atoms with van der Waals surface area (Å²) >= 11 is 1.58. The topological polar surface area (TPSA) is 51.2 Å². The molecule has 0 bridgehead atoms. The lowest BCUT2D eigenvalue weighted by molar-refractivity contribution is -0.145. The molecular weight excluding hydrogens is 236 g/mol. The summed E-state index contributed by atoms with van der Waals surface area (Å²) in [6.45, 7) is 8.50. The smallest absolute Gasteiger partial charge is 0.329 e. The summed E-state index contributed by atoms with van der Waals surface area (Å²) in [5.41, 5.74) is 0.747. The van der Waals surface area contributed by atoms with E-state index in [1.54, 1.807) is 25.3 Å². The number of rotatable bonds is 4. The molecule has 0 spiro atoms. The predicted molar refractivity (Wildman–Crippen MR) is 69.2 cm³/mol. The first-order chi connectivity index (χ1) is 7.90. The van der Waals surface area contributed by atoms with Crippen LogP contribution in [-0.2, 0) is 14.9 Å². The van der Waals surface area contributed by atoms with Crippen LogP contribution in [0.15, 0.2) is 5.38 Å². The molecule has 1 unspecified atom stereocenters. The number of hydrogen-bond donors (Lipinski definition) is 1. The van der Waals surface area contributed by atoms with Gasteiger partial charge in [-0.25, -0.2) is 9.78 Å². The van der Waals surface area contributed by atoms with Crippen molar-refractivity contribution in [3.05, 3.63) is 16.1 Å². The molecule has 0 aliphatic carbocycles. The second kappa shape index (κ2) is 5.60. The maximum absolute atomic E-state index is 11.7. The zero-order chi connectivity index (χ0) is 13.1. The molecule has 1 atom stereocenters. The first kappa shape index (κ1) is 14.1. The molecule has 1 aromatic heterocycles. The number of carbonyl (C=O) groups is 1. The molecule has 0 amide bonds. The largest absolute Gasteiger partial charge is 0.465 e. The number of aromatic nitrogens is 1. The molecule has 4 nitrogen and oxygen atoms in total. The van der Waals surface area contributed by atoms with Gasteiger partial charge in [-0.1, -0.05) is 20.8 Å². The van der Waals surface area contributed by atoms with Crippen molar-refractivity contribution < 1.29 is 9.53 Å². The van der Waals surface area contributed by atoms with E-state index in [1.165, 1.54) is 0 Å². The van der Waals surface area contributed by atoms with E-state index in [0.29, 0.717) is 6.61 Å². The summed E-state index contributed by atoms with van der Waals surface area (Å²) in [5.74, 6) is -0.277. The quantitative estimate of drug-likeness (QED) is 0.840. The summed E-state index contributed by atoms with van der Waals surface area (Å²) in [4.78, 5) is 16.2. The lowest BCUT2D eigenvalue weighted by Crippen LogP contribution is -2.27. The van der Waals surface area contributed by atoms with Crippen molar-refractivity contribution in [2.75, 3.05) is 13.7 Å². The van der Waals surface area contributed by atoms with E-state index in [0.717, 1.165) is 10.7 Å². The number of thiazole rings is 1. The van der Waals surface area contributed by atoms with Crippen molar-refractivity contribution >= 4 is 17.3 Å². The Morgan fingerprint density at radius 3 is 2.65 bits per heavy atom. The molecule has 0 fully saturated rings. The van der Waals surface area contributed by atoms with E-state index in [4.69, 9.17) is 4.74 Å². The van der Waals surface area contributed by atoms with Gasteiger partial charge in [0.1, 0.15) is 6.04 Å². The Bertz CT molecular complexity index is 382. The van der Waals surface area contributed by atoms with Crippen LogP contribution in [0.3, 0.4) is 0 Å². The van der Waals surface area contributed by atoms with Crippen LogP contribution >= 0.6 is 11.3 Å². The van der Waals surface area contributed by atoms with Gasteiger partial charge in [0, 0.05) is 10.8 Å². The maximum atomic E-state index is 11.7. The van der Waals surface area contributed by atoms with Crippen LogP contribution in [0.25, 0.3) is 0 Å². The number of ether oxygens (including phenoxy) is 1. The normalized spacial score (nSPS) is 13.5. The highest BCUT2D eigenvalue weighted by atomic mass is 32.1. The Labute approximate surface area is 106 Å². The third-order valence-corrected chi connectivity index (χ3v) is 3.56. The molecule has 1 heterocycles. The minimum Gasteiger partial charge on any atom is -0.465 e. The van der Waals surface area contributed by atoms with Gasteiger partial charge >= 0.3 is 5.97 Å². The lowest BCUT2D eigenvalue weighted by atomic mass is 9.98. The average Bonchev–Trinajstić information content (AvgIpc) is 2.68. The van der Waals surface area contributed by atoms with Gasteiger partial charge in [-0.3, -0.25) is 0 Å². The zero-order valence-corrected chi connectivity index (χ0v) is 11.9. The molecular formula is C12H20N2O2S. The molecule has 0 saturated heterocycles. The Morgan fingerprint density at radius 2 is 2.24 bits per heavy atom. The second-order valence-corrected chi connectivity index (χ2v) is 5.66. The van der Waals surface area contributed by atoms with E-state index in [-0.39, 0.29) is 11.4 Å². The van der Waals surface area contributed by atoms with Crippen LogP contribution in [0.5, 0.6) is 0 Å². The summed E-state index contributed by atoms with van der Waals surface area (Å²) in [5, 5.41) is 5.88. The van der Waals surface area contributed by atoms with Crippen LogP contribution < -0.4 is 5.32 Å². The monoisotopic (exact) mass is 256 g/mol. The van der Waals surface area contributed by atoms with Crippen LogP contribution in [0.4, 0.5) is 0 Å². The summed E-state index contributed by atoms with van der Waals surface area (Å²) < 4.78 is 5.01. The predicted octanol–water partition coefficient (Wildman–Crippen LogP) is 2.26. The molecule has 0 aliphatic heterocycles. The second-order valence-electron chi connectivity index (χ2n) is 4.80. The van der Waals surface area contributed by atoms with E-state index in [1.807, 2.05) is 5.38 Å². The highest BCUT2D eigenvalue weighted by molar-refractivity contribution is 7.09. The van der Waals surface area contributed by atoms with Crippen molar-refractivity contribution in [3.63, 3.8) is 0 Å². The van der Waals surface area contributed by atoms with E-state index >= 15 is 0 Å². The molecule has 1 aromatic rings. The number of hydrogen-bond acceptors (Lipinski definition) is 5. The van der Waals surface area contributed by atoms with Gasteiger partial charge in [0.05, 0.1) is 17.3 Å². The van der Waals surface area contributed by atoms with Gasteiger partial charge in [0.2, 0.25) is 0 Å². The van der Waals surface area contributed by atoms with Gasteiger partial charge in [-0.2, -0.15) is 0 Å². The first-order valence-corrected chi connectivity index (χ1v) is 6.58. The fraction of sp³-hybridized carbons (Fsp3) is 0.667. The highest BCUT2D eigenvalue weighted by Crippen LogP contribution is 2.27. The SMILES string of the molecule is CCOC(=O)C(NC)c1csc(C(C)(C)C)n1. The van der Waals surface area contributed by atoms with Gasteiger partial charge < -0.3 is 10.1 Å². The molecule has 0 aromatic carbocycles. The number of carbonyl (C=O) groups excluding carboxylic acids is 1. The maximum Gasteiger partial charge on any atom is 0.329 e. The van der Waals surface area contributed by atoms with Crippen LogP contribution in [0.2, 0.25) is 0 Å². The van der Waals surface area contributed by atoms with Crippen molar-refractivity contribution in [2.45, 2.75) is 39.2 Å².